The molecular weight excluding hydrogens is 308 g/mol. The van der Waals surface area contributed by atoms with Gasteiger partial charge in [-0.15, -0.1) is 12.4 Å². The van der Waals surface area contributed by atoms with Crippen molar-refractivity contribution in [3.8, 4) is 11.5 Å². The Kier molecular flexibility index (Phi) is 9.56. The lowest BCUT2D eigenvalue weighted by atomic mass is 10.1. The minimum absolute atomic E-state index is 0. The van der Waals surface area contributed by atoms with E-state index in [-0.39, 0.29) is 31.0 Å². The van der Waals surface area contributed by atoms with E-state index in [0.29, 0.717) is 18.1 Å². The van der Waals surface area contributed by atoms with E-state index in [1.807, 2.05) is 32.0 Å². The molecule has 2 atom stereocenters. The van der Waals surface area contributed by atoms with Gasteiger partial charge in [0.25, 0.3) is 0 Å². The Bertz CT molecular complexity index is 471. The van der Waals surface area contributed by atoms with Crippen molar-refractivity contribution in [2.24, 2.45) is 5.73 Å². The molecule has 7 heteroatoms. The summed E-state index contributed by atoms with van der Waals surface area (Å²) in [5, 5.41) is 2.84. The lowest BCUT2D eigenvalue weighted by molar-refractivity contribution is -0.124. The van der Waals surface area contributed by atoms with Crippen molar-refractivity contribution in [2.75, 3.05) is 27.4 Å². The van der Waals surface area contributed by atoms with Gasteiger partial charge < -0.3 is 25.3 Å². The summed E-state index contributed by atoms with van der Waals surface area (Å²) in [4.78, 5) is 11.9. The predicted octanol–water partition coefficient (Wildman–Crippen LogP) is 1.67. The van der Waals surface area contributed by atoms with Crippen LogP contribution in [0.25, 0.3) is 0 Å². The Labute approximate surface area is 137 Å². The third-order valence-electron chi connectivity index (χ3n) is 3.03. The molecular formula is C15H25ClN2O4. The van der Waals surface area contributed by atoms with Crippen LogP contribution in [0.3, 0.4) is 0 Å². The van der Waals surface area contributed by atoms with E-state index in [9.17, 15) is 4.79 Å². The number of hydrogen-bond donors (Lipinski definition) is 2. The fourth-order valence-electron chi connectivity index (χ4n) is 1.89. The number of rotatable bonds is 8. The maximum Gasteiger partial charge on any atom is 0.239 e. The summed E-state index contributed by atoms with van der Waals surface area (Å²) in [5.41, 5.74) is 6.60. The van der Waals surface area contributed by atoms with Crippen LogP contribution in [0.1, 0.15) is 25.5 Å². The summed E-state index contributed by atoms with van der Waals surface area (Å²) >= 11 is 0. The number of carbonyl (C=O) groups excluding carboxylic acids is 1. The van der Waals surface area contributed by atoms with Crippen molar-refractivity contribution in [3.63, 3.8) is 0 Å². The van der Waals surface area contributed by atoms with E-state index in [0.717, 1.165) is 5.56 Å². The number of methoxy groups -OCH3 is 2. The van der Waals surface area contributed by atoms with Crippen LogP contribution in [0.5, 0.6) is 11.5 Å². The molecule has 6 nitrogen and oxygen atoms in total. The number of ether oxygens (including phenoxy) is 3. The van der Waals surface area contributed by atoms with Gasteiger partial charge in [0.05, 0.1) is 26.4 Å². The van der Waals surface area contributed by atoms with E-state index in [4.69, 9.17) is 19.9 Å². The molecule has 1 amide bonds. The molecule has 0 aliphatic heterocycles. The zero-order valence-corrected chi connectivity index (χ0v) is 14.2. The van der Waals surface area contributed by atoms with Gasteiger partial charge in [-0.3, -0.25) is 4.79 Å². The molecule has 1 aromatic carbocycles. The SMILES string of the molecule is CCOc1ccc(C(C)NC(=O)C(N)COC)cc1OC.Cl. The monoisotopic (exact) mass is 332 g/mol. The molecule has 0 spiro atoms. The zero-order chi connectivity index (χ0) is 15.8. The molecule has 0 saturated carbocycles. The van der Waals surface area contributed by atoms with Gasteiger partial charge in [-0.25, -0.2) is 0 Å². The van der Waals surface area contributed by atoms with E-state index in [2.05, 4.69) is 5.32 Å². The van der Waals surface area contributed by atoms with Gasteiger partial charge in [0.1, 0.15) is 6.04 Å². The molecule has 0 radical (unpaired) electrons. The largest absolute Gasteiger partial charge is 0.493 e. The Balaban J connectivity index is 0.00000441. The van der Waals surface area contributed by atoms with Crippen molar-refractivity contribution in [1.82, 2.24) is 5.32 Å². The Morgan fingerprint density at radius 3 is 2.55 bits per heavy atom. The van der Waals surface area contributed by atoms with Crippen LogP contribution in [0.15, 0.2) is 18.2 Å². The van der Waals surface area contributed by atoms with Crippen LogP contribution < -0.4 is 20.5 Å². The van der Waals surface area contributed by atoms with Gasteiger partial charge in [-0.1, -0.05) is 6.07 Å². The smallest absolute Gasteiger partial charge is 0.239 e. The highest BCUT2D eigenvalue weighted by molar-refractivity contribution is 5.85. The van der Waals surface area contributed by atoms with E-state index >= 15 is 0 Å². The standard InChI is InChI=1S/C15H24N2O4.ClH/c1-5-21-13-7-6-11(8-14(13)20-4)10(2)17-15(18)12(16)9-19-3;/h6-8,10,12H,5,9,16H2,1-4H3,(H,17,18);1H. The number of nitrogens with two attached hydrogens (primary N) is 1. The number of halogens is 1. The second-order valence-electron chi connectivity index (χ2n) is 4.64. The van der Waals surface area contributed by atoms with Gasteiger partial charge in [0.15, 0.2) is 11.5 Å². The molecule has 22 heavy (non-hydrogen) atoms. The maximum atomic E-state index is 11.9. The molecule has 0 saturated heterocycles. The molecule has 1 rings (SSSR count). The fourth-order valence-corrected chi connectivity index (χ4v) is 1.89. The van der Waals surface area contributed by atoms with E-state index in [1.54, 1.807) is 7.11 Å². The Morgan fingerprint density at radius 1 is 1.32 bits per heavy atom. The maximum absolute atomic E-state index is 11.9. The first kappa shape index (κ1) is 20.5. The van der Waals surface area contributed by atoms with Crippen LogP contribution in [-0.2, 0) is 9.53 Å². The summed E-state index contributed by atoms with van der Waals surface area (Å²) < 4.78 is 15.6. The van der Waals surface area contributed by atoms with Gasteiger partial charge in [-0.2, -0.15) is 0 Å². The van der Waals surface area contributed by atoms with Gasteiger partial charge in [-0.05, 0) is 31.5 Å². The van der Waals surface area contributed by atoms with Crippen LogP contribution in [0.4, 0.5) is 0 Å². The third-order valence-corrected chi connectivity index (χ3v) is 3.03. The summed E-state index contributed by atoms with van der Waals surface area (Å²) in [6.45, 7) is 4.54. The molecule has 3 N–H and O–H groups in total. The van der Waals surface area contributed by atoms with Crippen molar-refractivity contribution in [1.29, 1.82) is 0 Å². The fraction of sp³-hybridized carbons (Fsp3) is 0.533. The Morgan fingerprint density at radius 2 is 2.00 bits per heavy atom. The average Bonchev–Trinajstić information content (AvgIpc) is 2.48. The lowest BCUT2D eigenvalue weighted by Crippen LogP contribution is -2.44. The van der Waals surface area contributed by atoms with Gasteiger partial charge in [0, 0.05) is 7.11 Å². The first-order chi connectivity index (χ1) is 10.0. The number of hydrogen-bond acceptors (Lipinski definition) is 5. The lowest BCUT2D eigenvalue weighted by Gasteiger charge is -2.19. The first-order valence-corrected chi connectivity index (χ1v) is 6.89. The van der Waals surface area contributed by atoms with Gasteiger partial charge in [0.2, 0.25) is 5.91 Å². The van der Waals surface area contributed by atoms with Gasteiger partial charge >= 0.3 is 0 Å². The number of benzene rings is 1. The van der Waals surface area contributed by atoms with Crippen molar-refractivity contribution in [2.45, 2.75) is 25.9 Å². The minimum Gasteiger partial charge on any atom is -0.493 e. The normalized spacial score (nSPS) is 12.8. The molecule has 0 aliphatic rings. The number of nitrogens with one attached hydrogen (secondary N) is 1. The predicted molar refractivity (Wildman–Crippen MR) is 87.8 cm³/mol. The Hall–Kier alpha value is -1.50. The summed E-state index contributed by atoms with van der Waals surface area (Å²) in [6.07, 6.45) is 0. The second kappa shape index (κ2) is 10.3. The zero-order valence-electron chi connectivity index (χ0n) is 13.4. The molecule has 0 bridgehead atoms. The van der Waals surface area contributed by atoms with Crippen LogP contribution >= 0.6 is 12.4 Å². The second-order valence-corrected chi connectivity index (χ2v) is 4.64. The molecule has 0 heterocycles. The quantitative estimate of drug-likeness (QED) is 0.756. The van der Waals surface area contributed by atoms with Crippen LogP contribution in [-0.4, -0.2) is 39.4 Å². The molecule has 0 fully saturated rings. The highest BCUT2D eigenvalue weighted by Crippen LogP contribution is 2.30. The molecule has 2 unspecified atom stereocenters. The first-order valence-electron chi connectivity index (χ1n) is 6.89. The average molecular weight is 333 g/mol. The molecule has 1 aromatic rings. The minimum atomic E-state index is -0.679. The van der Waals surface area contributed by atoms with Crippen molar-refractivity contribution < 1.29 is 19.0 Å². The highest BCUT2D eigenvalue weighted by Gasteiger charge is 2.17. The van der Waals surface area contributed by atoms with E-state index < -0.39 is 6.04 Å². The summed E-state index contributed by atoms with van der Waals surface area (Å²) in [6, 6.07) is 4.69. The summed E-state index contributed by atoms with van der Waals surface area (Å²) in [7, 11) is 3.09. The number of carbonyl (C=O) groups is 1. The number of amides is 1. The third kappa shape index (κ3) is 5.71. The van der Waals surface area contributed by atoms with Crippen molar-refractivity contribution >= 4 is 18.3 Å². The molecule has 0 aliphatic carbocycles. The molecule has 126 valence electrons. The topological polar surface area (TPSA) is 82.8 Å². The molecule has 0 aromatic heterocycles. The van der Waals surface area contributed by atoms with Crippen LogP contribution in [0, 0.1) is 0 Å². The van der Waals surface area contributed by atoms with Crippen LogP contribution in [0.2, 0.25) is 0 Å². The highest BCUT2D eigenvalue weighted by atomic mass is 35.5. The van der Waals surface area contributed by atoms with Crippen molar-refractivity contribution in [3.05, 3.63) is 23.8 Å². The van der Waals surface area contributed by atoms with E-state index in [1.165, 1.54) is 7.11 Å². The summed E-state index contributed by atoms with van der Waals surface area (Å²) in [5.74, 6) is 1.06.